The Morgan fingerprint density at radius 2 is 1.97 bits per heavy atom. The van der Waals surface area contributed by atoms with Gasteiger partial charge in [0.2, 0.25) is 5.82 Å². The molecule has 2 aromatic heterocycles. The number of aryl methyl sites for hydroxylation is 1. The third-order valence-electron chi connectivity index (χ3n) is 4.75. The second-order valence-electron chi connectivity index (χ2n) is 7.27. The Kier molecular flexibility index (Phi) is 7.04. The smallest absolute Gasteiger partial charge is 0.491 e. The number of benzene rings is 2. The summed E-state index contributed by atoms with van der Waals surface area (Å²) in [7, 11) is 1.43. The fourth-order valence-corrected chi connectivity index (χ4v) is 3.49. The molecule has 36 heavy (non-hydrogen) atoms. The minimum absolute atomic E-state index is 0.0742. The molecule has 4 aromatic rings. The van der Waals surface area contributed by atoms with Gasteiger partial charge < -0.3 is 18.6 Å². The van der Waals surface area contributed by atoms with Crippen molar-refractivity contribution in [2.45, 2.75) is 13.1 Å². The lowest BCUT2D eigenvalue weighted by molar-refractivity contribution is -0.192. The summed E-state index contributed by atoms with van der Waals surface area (Å²) in [6.45, 7) is 1.82. The molecule has 0 unspecified atom stereocenters. The third kappa shape index (κ3) is 5.37. The van der Waals surface area contributed by atoms with E-state index in [0.717, 1.165) is 11.8 Å². The largest absolute Gasteiger partial charge is 0.495 e. The number of aromatic nitrogens is 4. The van der Waals surface area contributed by atoms with Gasteiger partial charge in [0.25, 0.3) is 5.89 Å². The van der Waals surface area contributed by atoms with Crippen LogP contribution in [0.5, 0.6) is 5.75 Å². The number of methoxy groups -OCH3 is 1. The molecule has 4 rings (SSSR count). The standard InChI is InChI=1S/C23H15Cl2F3N4O4/c1-12-10-32(11-29-12)16-7-6-13(8-17(16)34-2)9-18(35-22(33)23(26,27)28)21-30-20(31-36-21)14-4-3-5-15(24)19(14)25/h3-11H,1-2H3/b18-9+. The van der Waals surface area contributed by atoms with Crippen LogP contribution in [0, 0.1) is 6.92 Å². The summed E-state index contributed by atoms with van der Waals surface area (Å²) in [4.78, 5) is 19.8. The fraction of sp³-hybridized carbons (Fsp3) is 0.130. The highest BCUT2D eigenvalue weighted by atomic mass is 35.5. The summed E-state index contributed by atoms with van der Waals surface area (Å²) < 4.78 is 55.7. The van der Waals surface area contributed by atoms with Crippen molar-refractivity contribution >= 4 is 41.0 Å². The van der Waals surface area contributed by atoms with Gasteiger partial charge >= 0.3 is 12.1 Å². The van der Waals surface area contributed by atoms with Crippen LogP contribution < -0.4 is 4.74 Å². The molecule has 2 heterocycles. The molecule has 0 saturated carbocycles. The van der Waals surface area contributed by atoms with Crippen LogP contribution in [-0.4, -0.2) is 38.9 Å². The molecule has 0 bridgehead atoms. The zero-order chi connectivity index (χ0) is 26.0. The van der Waals surface area contributed by atoms with Gasteiger partial charge in [-0.3, -0.25) is 0 Å². The van der Waals surface area contributed by atoms with Crippen LogP contribution in [0.1, 0.15) is 17.1 Å². The molecule has 0 atom stereocenters. The van der Waals surface area contributed by atoms with Crippen molar-refractivity contribution in [1.29, 1.82) is 0 Å². The first kappa shape index (κ1) is 25.3. The maximum Gasteiger partial charge on any atom is 0.491 e. The molecule has 0 aliphatic heterocycles. The van der Waals surface area contributed by atoms with Crippen molar-refractivity contribution in [3.05, 3.63) is 76.1 Å². The predicted molar refractivity (Wildman–Crippen MR) is 125 cm³/mol. The van der Waals surface area contributed by atoms with Gasteiger partial charge in [-0.25, -0.2) is 9.78 Å². The molecule has 0 saturated heterocycles. The van der Waals surface area contributed by atoms with E-state index < -0.39 is 23.8 Å². The quantitative estimate of drug-likeness (QED) is 0.214. The number of alkyl halides is 3. The Balaban J connectivity index is 1.76. The average Bonchev–Trinajstić information content (AvgIpc) is 3.49. The van der Waals surface area contributed by atoms with E-state index in [-0.39, 0.29) is 21.4 Å². The number of ether oxygens (including phenoxy) is 2. The number of carbonyl (C=O) groups is 1. The molecule has 0 aliphatic carbocycles. The van der Waals surface area contributed by atoms with Gasteiger partial charge in [0.1, 0.15) is 5.75 Å². The predicted octanol–water partition coefficient (Wildman–Crippen LogP) is 6.15. The Bertz CT molecular complexity index is 1460. The van der Waals surface area contributed by atoms with E-state index in [1.54, 1.807) is 35.3 Å². The second kappa shape index (κ2) is 10.0. The lowest BCUT2D eigenvalue weighted by Gasteiger charge is -2.11. The van der Waals surface area contributed by atoms with Gasteiger partial charge in [-0.05, 0) is 42.8 Å². The number of hydrogen-bond acceptors (Lipinski definition) is 7. The highest BCUT2D eigenvalue weighted by molar-refractivity contribution is 6.43. The number of hydrogen-bond donors (Lipinski definition) is 0. The number of imidazole rings is 1. The minimum atomic E-state index is -5.26. The topological polar surface area (TPSA) is 92.3 Å². The molecule has 13 heteroatoms. The molecule has 0 radical (unpaired) electrons. The molecular weight excluding hydrogens is 524 g/mol. The van der Waals surface area contributed by atoms with E-state index in [9.17, 15) is 18.0 Å². The van der Waals surface area contributed by atoms with Crippen molar-refractivity contribution in [3.63, 3.8) is 0 Å². The van der Waals surface area contributed by atoms with Crippen molar-refractivity contribution in [1.82, 2.24) is 19.7 Å². The van der Waals surface area contributed by atoms with Gasteiger partial charge in [0, 0.05) is 11.8 Å². The Morgan fingerprint density at radius 1 is 1.19 bits per heavy atom. The molecule has 0 aliphatic rings. The summed E-state index contributed by atoms with van der Waals surface area (Å²) in [6, 6.07) is 9.40. The van der Waals surface area contributed by atoms with Gasteiger partial charge in [-0.15, -0.1) is 0 Å². The van der Waals surface area contributed by atoms with E-state index in [2.05, 4.69) is 19.9 Å². The summed E-state index contributed by atoms with van der Waals surface area (Å²) in [5.41, 5.74) is 1.98. The van der Waals surface area contributed by atoms with E-state index in [0.29, 0.717) is 17.0 Å². The molecule has 186 valence electrons. The summed E-state index contributed by atoms with van der Waals surface area (Å²) in [5, 5.41) is 4.05. The van der Waals surface area contributed by atoms with Crippen molar-refractivity contribution in [3.8, 4) is 22.8 Å². The number of nitrogens with zero attached hydrogens (tertiary/aromatic N) is 4. The maximum atomic E-state index is 13.0. The monoisotopic (exact) mass is 538 g/mol. The molecule has 0 amide bonds. The summed E-state index contributed by atoms with van der Waals surface area (Å²) in [5.74, 6) is -3.30. The zero-order valence-electron chi connectivity index (χ0n) is 18.5. The summed E-state index contributed by atoms with van der Waals surface area (Å²) in [6.07, 6.45) is -0.782. The highest BCUT2D eigenvalue weighted by Gasteiger charge is 2.42. The van der Waals surface area contributed by atoms with Gasteiger partial charge in [0.15, 0.2) is 5.76 Å². The summed E-state index contributed by atoms with van der Waals surface area (Å²) >= 11 is 12.2. The second-order valence-corrected chi connectivity index (χ2v) is 8.06. The molecule has 0 spiro atoms. The van der Waals surface area contributed by atoms with Gasteiger partial charge in [-0.1, -0.05) is 40.5 Å². The maximum absolute atomic E-state index is 13.0. The first-order chi connectivity index (χ1) is 17.1. The van der Waals surface area contributed by atoms with Gasteiger partial charge in [-0.2, -0.15) is 18.2 Å². The van der Waals surface area contributed by atoms with E-state index >= 15 is 0 Å². The van der Waals surface area contributed by atoms with Crippen LogP contribution in [0.4, 0.5) is 13.2 Å². The van der Waals surface area contributed by atoms with Gasteiger partial charge in [0.05, 0.1) is 34.9 Å². The van der Waals surface area contributed by atoms with Crippen LogP contribution in [0.3, 0.4) is 0 Å². The zero-order valence-corrected chi connectivity index (χ0v) is 20.0. The molecule has 0 fully saturated rings. The average molecular weight is 539 g/mol. The first-order valence-electron chi connectivity index (χ1n) is 10.0. The van der Waals surface area contributed by atoms with Crippen LogP contribution in [0.25, 0.3) is 28.9 Å². The molecule has 8 nitrogen and oxygen atoms in total. The van der Waals surface area contributed by atoms with E-state index in [4.69, 9.17) is 32.5 Å². The Morgan fingerprint density at radius 3 is 2.64 bits per heavy atom. The molecular formula is C23H15Cl2F3N4O4. The van der Waals surface area contributed by atoms with Crippen molar-refractivity contribution in [2.24, 2.45) is 0 Å². The lowest BCUT2D eigenvalue weighted by atomic mass is 10.1. The van der Waals surface area contributed by atoms with E-state index in [1.807, 2.05) is 6.92 Å². The van der Waals surface area contributed by atoms with Crippen LogP contribution in [0.15, 0.2) is 53.4 Å². The highest BCUT2D eigenvalue weighted by Crippen LogP contribution is 2.33. The van der Waals surface area contributed by atoms with Crippen LogP contribution in [0.2, 0.25) is 10.0 Å². The molecule has 2 aromatic carbocycles. The third-order valence-corrected chi connectivity index (χ3v) is 5.57. The lowest BCUT2D eigenvalue weighted by Crippen LogP contribution is -2.24. The first-order valence-corrected chi connectivity index (χ1v) is 10.8. The Hall–Kier alpha value is -3.83. The normalized spacial score (nSPS) is 12.0. The number of esters is 1. The number of carbonyl (C=O) groups excluding carboxylic acids is 1. The molecule has 0 N–H and O–H groups in total. The fourth-order valence-electron chi connectivity index (χ4n) is 3.10. The number of halogens is 5. The van der Waals surface area contributed by atoms with Crippen LogP contribution >= 0.6 is 23.2 Å². The van der Waals surface area contributed by atoms with Crippen molar-refractivity contribution < 1.29 is 32.0 Å². The SMILES string of the molecule is COc1cc(/C=C(/OC(=O)C(F)(F)F)c2nc(-c3cccc(Cl)c3Cl)no2)ccc1-n1cnc(C)c1. The Labute approximate surface area is 211 Å². The minimum Gasteiger partial charge on any atom is -0.495 e. The van der Waals surface area contributed by atoms with E-state index in [1.165, 1.54) is 25.3 Å². The van der Waals surface area contributed by atoms with Crippen LogP contribution in [-0.2, 0) is 9.53 Å². The number of rotatable bonds is 6. The van der Waals surface area contributed by atoms with Crippen molar-refractivity contribution in [2.75, 3.05) is 7.11 Å².